The third-order valence-corrected chi connectivity index (χ3v) is 10.5. The lowest BCUT2D eigenvalue weighted by molar-refractivity contribution is 0.346. The van der Waals surface area contributed by atoms with E-state index in [9.17, 15) is 16.8 Å². The molecule has 8 nitrogen and oxygen atoms in total. The van der Waals surface area contributed by atoms with E-state index in [0.717, 1.165) is 47.6 Å². The van der Waals surface area contributed by atoms with Crippen molar-refractivity contribution in [1.82, 2.24) is 14.3 Å². The first-order chi connectivity index (χ1) is 17.7. The van der Waals surface area contributed by atoms with Gasteiger partial charge in [0.05, 0.1) is 20.4 Å². The Hall–Kier alpha value is -2.18. The molecule has 0 atom stereocenters. The summed E-state index contributed by atoms with van der Waals surface area (Å²) in [6.45, 7) is 3.19. The number of rotatable bonds is 10. The molecule has 2 heterocycles. The van der Waals surface area contributed by atoms with Crippen LogP contribution in [0.1, 0.15) is 44.7 Å². The smallest absolute Gasteiger partial charge is 0.247 e. The van der Waals surface area contributed by atoms with Crippen molar-refractivity contribution in [2.24, 2.45) is 0 Å². The van der Waals surface area contributed by atoms with Gasteiger partial charge in [0.1, 0.15) is 0 Å². The first-order valence-electron chi connectivity index (χ1n) is 12.1. The number of aromatic nitrogens is 2. The number of halogens is 1. The number of benzene rings is 2. The fourth-order valence-electron chi connectivity index (χ4n) is 3.92. The van der Waals surface area contributed by atoms with Crippen molar-refractivity contribution in [3.05, 3.63) is 65.4 Å². The van der Waals surface area contributed by atoms with Crippen LogP contribution in [0.5, 0.6) is 0 Å². The molecule has 37 heavy (non-hydrogen) atoms. The van der Waals surface area contributed by atoms with E-state index < -0.39 is 20.0 Å². The van der Waals surface area contributed by atoms with Gasteiger partial charge in [-0.25, -0.2) is 31.5 Å². The number of piperidine rings is 1. The molecule has 1 aliphatic heterocycles. The van der Waals surface area contributed by atoms with Crippen molar-refractivity contribution in [2.45, 2.75) is 65.0 Å². The van der Waals surface area contributed by atoms with Gasteiger partial charge < -0.3 is 0 Å². The van der Waals surface area contributed by atoms with Gasteiger partial charge in [0, 0.05) is 29.2 Å². The van der Waals surface area contributed by atoms with Gasteiger partial charge in [0.2, 0.25) is 16.0 Å². The predicted octanol–water partition coefficient (Wildman–Crippen LogP) is 5.60. The van der Waals surface area contributed by atoms with Crippen molar-refractivity contribution in [3.63, 3.8) is 0 Å². The van der Waals surface area contributed by atoms with E-state index in [1.54, 1.807) is 34.8 Å². The Kier molecular flexibility index (Phi) is 9.12. The topological polar surface area (TPSA) is 109 Å². The van der Waals surface area contributed by atoms with Crippen LogP contribution in [0.4, 0.5) is 5.95 Å². The van der Waals surface area contributed by atoms with Crippen LogP contribution in [-0.2, 0) is 26.5 Å². The van der Waals surface area contributed by atoms with Crippen LogP contribution in [0, 0.1) is 0 Å². The van der Waals surface area contributed by atoms with Crippen molar-refractivity contribution in [1.29, 1.82) is 0 Å². The molecule has 1 saturated heterocycles. The number of hydrogen-bond donors (Lipinski definition) is 1. The van der Waals surface area contributed by atoms with E-state index in [-0.39, 0.29) is 15.7 Å². The summed E-state index contributed by atoms with van der Waals surface area (Å²) in [4.78, 5) is 10.7. The van der Waals surface area contributed by atoms with E-state index in [4.69, 9.17) is 11.6 Å². The summed E-state index contributed by atoms with van der Waals surface area (Å²) in [6, 6.07) is 12.7. The van der Waals surface area contributed by atoms with E-state index in [1.807, 2.05) is 0 Å². The predicted molar refractivity (Wildman–Crippen MR) is 146 cm³/mol. The monoisotopic (exact) mass is 580 g/mol. The summed E-state index contributed by atoms with van der Waals surface area (Å²) in [5, 5.41) is 0.440. The third-order valence-electron chi connectivity index (χ3n) is 5.95. The summed E-state index contributed by atoms with van der Waals surface area (Å²) in [5.41, 5.74) is 0.723. The average molecular weight is 581 g/mol. The Morgan fingerprint density at radius 3 is 2.24 bits per heavy atom. The maximum Gasteiger partial charge on any atom is 0.264 e. The summed E-state index contributed by atoms with van der Waals surface area (Å²) >= 11 is 7.29. The van der Waals surface area contributed by atoms with Crippen molar-refractivity contribution in [3.8, 4) is 0 Å². The third kappa shape index (κ3) is 7.02. The highest BCUT2D eigenvalue weighted by molar-refractivity contribution is 7.99. The number of aryl methyl sites for hydroxylation is 1. The zero-order valence-corrected chi connectivity index (χ0v) is 23.6. The maximum absolute atomic E-state index is 12.9. The molecule has 1 N–H and O–H groups in total. The molecule has 3 aromatic rings. The Bertz CT molecular complexity index is 1430. The molecular weight excluding hydrogens is 552 g/mol. The molecule has 198 valence electrons. The standard InChI is InChI=1S/C25H29ClN4O4S3/c1-2-3-7-23-24(18-27-25(28-23)29-36(31,32)21-12-8-19(26)9-13-21)35-20-10-14-22(15-11-20)37(33,34)30-16-5-4-6-17-30/h8-15,18H,2-7,16-17H2,1H3,(H,27,28,29). The van der Waals surface area contributed by atoms with Gasteiger partial charge in [0.25, 0.3) is 10.0 Å². The molecule has 0 spiro atoms. The van der Waals surface area contributed by atoms with E-state index in [2.05, 4.69) is 21.6 Å². The highest BCUT2D eigenvalue weighted by Crippen LogP contribution is 2.32. The van der Waals surface area contributed by atoms with Crippen LogP contribution in [0.25, 0.3) is 0 Å². The van der Waals surface area contributed by atoms with Crippen molar-refractivity contribution < 1.29 is 16.8 Å². The minimum absolute atomic E-state index is 0.00613. The molecular formula is C25H29ClN4O4S3. The zero-order valence-electron chi connectivity index (χ0n) is 20.4. The van der Waals surface area contributed by atoms with Crippen LogP contribution in [0.2, 0.25) is 5.02 Å². The van der Waals surface area contributed by atoms with Crippen LogP contribution in [-0.4, -0.2) is 44.2 Å². The lowest BCUT2D eigenvalue weighted by Crippen LogP contribution is -2.35. The second-order valence-corrected chi connectivity index (χ2v) is 13.9. The molecule has 1 fully saturated rings. The quantitative estimate of drug-likeness (QED) is 0.332. The van der Waals surface area contributed by atoms with Gasteiger partial charge in [-0.3, -0.25) is 0 Å². The highest BCUT2D eigenvalue weighted by atomic mass is 35.5. The lowest BCUT2D eigenvalue weighted by Gasteiger charge is -2.25. The number of unbranched alkanes of at least 4 members (excludes halogenated alkanes) is 1. The number of anilines is 1. The second kappa shape index (κ2) is 12.1. The van der Waals surface area contributed by atoms with Gasteiger partial charge in [-0.1, -0.05) is 43.1 Å². The second-order valence-electron chi connectivity index (χ2n) is 8.71. The normalized spacial score (nSPS) is 15.0. The van der Waals surface area contributed by atoms with Crippen molar-refractivity contribution in [2.75, 3.05) is 17.8 Å². The largest absolute Gasteiger partial charge is 0.264 e. The molecule has 12 heteroatoms. The Morgan fingerprint density at radius 2 is 1.59 bits per heavy atom. The molecule has 2 aromatic carbocycles. The summed E-state index contributed by atoms with van der Waals surface area (Å²) < 4.78 is 55.4. The maximum atomic E-state index is 12.9. The minimum atomic E-state index is -3.87. The fourth-order valence-corrected chi connectivity index (χ4v) is 7.41. The SMILES string of the molecule is CCCCc1nc(NS(=O)(=O)c2ccc(Cl)cc2)ncc1Sc1ccc(S(=O)(=O)N2CCCCC2)cc1. The molecule has 1 aromatic heterocycles. The van der Waals surface area contributed by atoms with E-state index in [0.29, 0.717) is 24.5 Å². The highest BCUT2D eigenvalue weighted by Gasteiger charge is 2.26. The molecule has 0 radical (unpaired) electrons. The Balaban J connectivity index is 1.53. The first kappa shape index (κ1) is 27.8. The molecule has 0 saturated carbocycles. The minimum Gasteiger partial charge on any atom is -0.247 e. The van der Waals surface area contributed by atoms with Crippen molar-refractivity contribution >= 4 is 49.4 Å². The molecule has 0 unspecified atom stereocenters. The average Bonchev–Trinajstić information content (AvgIpc) is 2.89. The number of sulfonamides is 2. The fraction of sp³-hybridized carbons (Fsp3) is 0.360. The first-order valence-corrected chi connectivity index (χ1v) is 16.2. The molecule has 1 aliphatic rings. The number of nitrogens with one attached hydrogen (secondary N) is 1. The van der Waals surface area contributed by atoms with Crippen LogP contribution in [0.15, 0.2) is 74.3 Å². The summed E-state index contributed by atoms with van der Waals surface area (Å²) in [7, 11) is -7.36. The Labute approximate surface area is 228 Å². The molecule has 4 rings (SSSR count). The molecule has 0 amide bonds. The summed E-state index contributed by atoms with van der Waals surface area (Å²) in [6.07, 6.45) is 6.91. The van der Waals surface area contributed by atoms with E-state index in [1.165, 1.54) is 36.0 Å². The zero-order chi connectivity index (χ0) is 26.5. The van der Waals surface area contributed by atoms with Crippen LogP contribution < -0.4 is 4.72 Å². The van der Waals surface area contributed by atoms with Gasteiger partial charge in [-0.2, -0.15) is 4.31 Å². The van der Waals surface area contributed by atoms with Gasteiger partial charge in [0.15, 0.2) is 0 Å². The molecule has 0 bridgehead atoms. The van der Waals surface area contributed by atoms with Crippen LogP contribution in [0.3, 0.4) is 0 Å². The number of hydrogen-bond acceptors (Lipinski definition) is 7. The van der Waals surface area contributed by atoms with Gasteiger partial charge in [-0.05, 0) is 74.2 Å². The number of nitrogens with zero attached hydrogens (tertiary/aromatic N) is 3. The summed E-state index contributed by atoms with van der Waals surface area (Å²) in [5.74, 6) is -0.00613. The van der Waals surface area contributed by atoms with Crippen LogP contribution >= 0.6 is 23.4 Å². The Morgan fingerprint density at radius 1 is 0.946 bits per heavy atom. The van der Waals surface area contributed by atoms with Gasteiger partial charge >= 0.3 is 0 Å². The molecule has 0 aliphatic carbocycles. The van der Waals surface area contributed by atoms with E-state index >= 15 is 0 Å². The van der Waals surface area contributed by atoms with Gasteiger partial charge in [-0.15, -0.1) is 0 Å². The lowest BCUT2D eigenvalue weighted by atomic mass is 10.2.